The van der Waals surface area contributed by atoms with Crippen molar-refractivity contribution in [3.05, 3.63) is 180 Å². The van der Waals surface area contributed by atoms with E-state index >= 15 is 0 Å². The lowest BCUT2D eigenvalue weighted by Gasteiger charge is -2.11. The number of hydrogen-bond acceptors (Lipinski definition) is 10. The Labute approximate surface area is 355 Å². The molecular formula is C50H36N4O8. The fraction of sp³-hybridized carbons (Fsp3) is 0.0400. The third-order valence-corrected chi connectivity index (χ3v) is 9.62. The molecule has 62 heavy (non-hydrogen) atoms. The zero-order valence-corrected chi connectivity index (χ0v) is 33.3. The van der Waals surface area contributed by atoms with Crippen molar-refractivity contribution in [3.63, 3.8) is 0 Å². The Balaban J connectivity index is 0.000000188. The van der Waals surface area contributed by atoms with Crippen LogP contribution in [0.3, 0.4) is 0 Å². The van der Waals surface area contributed by atoms with E-state index in [2.05, 4.69) is 52.2 Å². The molecule has 8 aromatic rings. The number of rotatable bonds is 12. The zero-order chi connectivity index (χ0) is 43.6. The number of carbonyl (C=O) groups excluding carboxylic acids is 2. The van der Waals surface area contributed by atoms with E-state index in [9.17, 15) is 19.2 Å². The molecule has 12 nitrogen and oxygen atoms in total. The number of aryl methyl sites for hydroxylation is 2. The number of hydrogen-bond donors (Lipinski definition) is 2. The van der Waals surface area contributed by atoms with Crippen molar-refractivity contribution >= 4 is 24.9 Å². The summed E-state index contributed by atoms with van der Waals surface area (Å²) < 4.78 is 9.75. The largest absolute Gasteiger partial charge is 0.478 e. The molecule has 0 amide bonds. The van der Waals surface area contributed by atoms with Crippen molar-refractivity contribution in [1.29, 1.82) is 0 Å². The van der Waals surface area contributed by atoms with Gasteiger partial charge in [0.1, 0.15) is 11.5 Å². The molecule has 0 bridgehead atoms. The third kappa shape index (κ3) is 10.1. The second-order valence-electron chi connectivity index (χ2n) is 13.9. The number of benzene rings is 4. The molecule has 0 aliphatic rings. The van der Waals surface area contributed by atoms with Gasteiger partial charge in [0.2, 0.25) is 0 Å². The lowest BCUT2D eigenvalue weighted by atomic mass is 10.0. The van der Waals surface area contributed by atoms with Crippen LogP contribution < -0.4 is 9.47 Å². The van der Waals surface area contributed by atoms with Crippen molar-refractivity contribution in [2.24, 2.45) is 0 Å². The van der Waals surface area contributed by atoms with Gasteiger partial charge >= 0.3 is 11.9 Å². The first kappa shape index (κ1) is 41.5. The predicted octanol–water partition coefficient (Wildman–Crippen LogP) is 10.0. The van der Waals surface area contributed by atoms with E-state index in [1.54, 1.807) is 54.6 Å². The third-order valence-electron chi connectivity index (χ3n) is 9.62. The van der Waals surface area contributed by atoms with Crippen LogP contribution in [0, 0.1) is 13.8 Å². The van der Waals surface area contributed by atoms with E-state index in [-0.39, 0.29) is 11.1 Å². The van der Waals surface area contributed by atoms with Crippen molar-refractivity contribution in [3.8, 4) is 79.0 Å². The van der Waals surface area contributed by atoms with Gasteiger partial charge < -0.3 is 19.7 Å². The molecule has 4 aromatic carbocycles. The molecular weight excluding hydrogens is 785 g/mol. The summed E-state index contributed by atoms with van der Waals surface area (Å²) in [6, 6.07) is 43.8. The first-order valence-electron chi connectivity index (χ1n) is 19.1. The molecule has 304 valence electrons. The summed E-state index contributed by atoms with van der Waals surface area (Å²) in [4.78, 5) is 61.7. The van der Waals surface area contributed by atoms with Gasteiger partial charge in [0.15, 0.2) is 0 Å². The monoisotopic (exact) mass is 820 g/mol. The molecule has 0 radical (unpaired) electrons. The highest BCUT2D eigenvalue weighted by atomic mass is 16.5. The molecule has 0 unspecified atom stereocenters. The van der Waals surface area contributed by atoms with Crippen LogP contribution in [-0.2, 0) is 9.59 Å². The Kier molecular flexibility index (Phi) is 12.7. The molecule has 0 aliphatic heterocycles. The van der Waals surface area contributed by atoms with Gasteiger partial charge in [-0.25, -0.2) is 19.6 Å². The van der Waals surface area contributed by atoms with Crippen molar-refractivity contribution in [2.45, 2.75) is 13.8 Å². The standard InChI is InChI=1S/C25H16N2O6.C25H20N2O2/c28-14-33-20-8-5-15(6-9-20)19-11-22(16-1-3-17(4-2-16)24(29)30)27-23(12-19)21-10-7-18(13-26-21)25(31)32;1-17-3-6-20(7-4-17)24-13-21(19-8-10-22(11-9-19)29-16-28)14-25(27-24)23-12-5-18(2)15-26-23/h1-14H,(H,29,30)(H,31,32);3-16H,1-2H3. The van der Waals surface area contributed by atoms with Gasteiger partial charge in [-0.05, 0) is 121 Å². The number of pyridine rings is 4. The first-order chi connectivity index (χ1) is 30.1. The van der Waals surface area contributed by atoms with Crippen LogP contribution in [0.1, 0.15) is 31.8 Å². The Morgan fingerprint density at radius 2 is 0.806 bits per heavy atom. The smallest absolute Gasteiger partial charge is 0.337 e. The summed E-state index contributed by atoms with van der Waals surface area (Å²) in [5.41, 5.74) is 12.0. The van der Waals surface area contributed by atoms with Crippen LogP contribution in [0.25, 0.3) is 67.5 Å². The summed E-state index contributed by atoms with van der Waals surface area (Å²) in [5.74, 6) is -1.19. The lowest BCUT2D eigenvalue weighted by Crippen LogP contribution is -1.99. The number of carbonyl (C=O) groups is 4. The summed E-state index contributed by atoms with van der Waals surface area (Å²) in [6.07, 6.45) is 3.11. The molecule has 8 rings (SSSR count). The lowest BCUT2D eigenvalue weighted by molar-refractivity contribution is -0.121. The quantitative estimate of drug-likeness (QED) is 0.112. The van der Waals surface area contributed by atoms with E-state index in [0.717, 1.165) is 50.5 Å². The summed E-state index contributed by atoms with van der Waals surface area (Å²) in [5, 5.41) is 18.3. The van der Waals surface area contributed by atoms with Crippen molar-refractivity contribution in [2.75, 3.05) is 0 Å². The van der Waals surface area contributed by atoms with E-state index in [4.69, 9.17) is 24.7 Å². The van der Waals surface area contributed by atoms with Crippen molar-refractivity contribution in [1.82, 2.24) is 19.9 Å². The molecule has 0 spiro atoms. The molecule has 0 saturated carbocycles. The van der Waals surface area contributed by atoms with Gasteiger partial charge in [-0.3, -0.25) is 19.6 Å². The minimum Gasteiger partial charge on any atom is -0.478 e. The van der Waals surface area contributed by atoms with Crippen LogP contribution in [0.4, 0.5) is 0 Å². The van der Waals surface area contributed by atoms with Crippen LogP contribution in [0.2, 0.25) is 0 Å². The normalized spacial score (nSPS) is 10.5. The number of carboxylic acids is 2. The van der Waals surface area contributed by atoms with Gasteiger partial charge in [0.05, 0.1) is 45.3 Å². The number of aromatic carboxylic acids is 2. The van der Waals surface area contributed by atoms with Gasteiger partial charge in [0, 0.05) is 23.5 Å². The van der Waals surface area contributed by atoms with Crippen molar-refractivity contribution < 1.29 is 38.9 Å². The molecule has 4 aromatic heterocycles. The second-order valence-corrected chi connectivity index (χ2v) is 13.9. The summed E-state index contributed by atoms with van der Waals surface area (Å²) in [7, 11) is 0. The molecule has 12 heteroatoms. The minimum atomic E-state index is -1.08. The molecule has 0 aliphatic carbocycles. The van der Waals surface area contributed by atoms with Gasteiger partial charge in [0.25, 0.3) is 12.9 Å². The topological polar surface area (TPSA) is 179 Å². The van der Waals surface area contributed by atoms with Gasteiger partial charge in [-0.2, -0.15) is 0 Å². The summed E-state index contributed by atoms with van der Waals surface area (Å²) >= 11 is 0. The SMILES string of the molecule is Cc1ccc(-c2cc(-c3ccc(OC=O)cc3)cc(-c3ccc(C)cn3)n2)cc1.O=COc1ccc(-c2cc(-c3ccc(C(=O)O)cc3)nc(-c3ccc(C(=O)O)cn3)c2)cc1. The fourth-order valence-electron chi connectivity index (χ4n) is 6.31. The first-order valence-corrected chi connectivity index (χ1v) is 19.1. The number of ether oxygens (including phenoxy) is 2. The number of aromatic nitrogens is 4. The van der Waals surface area contributed by atoms with Gasteiger partial charge in [-0.15, -0.1) is 0 Å². The van der Waals surface area contributed by atoms with E-state index < -0.39 is 11.9 Å². The molecule has 0 fully saturated rings. The highest BCUT2D eigenvalue weighted by Gasteiger charge is 2.14. The highest BCUT2D eigenvalue weighted by molar-refractivity contribution is 5.89. The average molecular weight is 821 g/mol. The molecule has 0 saturated heterocycles. The zero-order valence-electron chi connectivity index (χ0n) is 33.3. The maximum Gasteiger partial charge on any atom is 0.337 e. The molecule has 2 N–H and O–H groups in total. The number of carboxylic acid groups (broad SMARTS) is 2. The highest BCUT2D eigenvalue weighted by Crippen LogP contribution is 2.33. The summed E-state index contributed by atoms with van der Waals surface area (Å²) in [6.45, 7) is 4.86. The molecule has 0 atom stereocenters. The van der Waals surface area contributed by atoms with Gasteiger partial charge in [-0.1, -0.05) is 72.3 Å². The Morgan fingerprint density at radius 3 is 1.21 bits per heavy atom. The van der Waals surface area contributed by atoms with Crippen LogP contribution in [-0.4, -0.2) is 55.0 Å². The Hall–Kier alpha value is -8.64. The minimum absolute atomic E-state index is 0.0603. The Bertz CT molecular complexity index is 2730. The van der Waals surface area contributed by atoms with E-state index in [1.807, 2.05) is 55.6 Å². The second kappa shape index (κ2) is 19.0. The van der Waals surface area contributed by atoms with E-state index in [1.165, 1.54) is 30.0 Å². The predicted molar refractivity (Wildman–Crippen MR) is 233 cm³/mol. The maximum absolute atomic E-state index is 11.2. The van der Waals surface area contributed by atoms with E-state index in [0.29, 0.717) is 47.1 Å². The fourth-order valence-corrected chi connectivity index (χ4v) is 6.31. The van der Waals surface area contributed by atoms with Crippen LogP contribution in [0.5, 0.6) is 11.5 Å². The van der Waals surface area contributed by atoms with Crippen LogP contribution in [0.15, 0.2) is 158 Å². The maximum atomic E-state index is 11.2. The Morgan fingerprint density at radius 1 is 0.419 bits per heavy atom. The average Bonchev–Trinajstić information content (AvgIpc) is 3.30. The van der Waals surface area contributed by atoms with Crippen LogP contribution >= 0.6 is 0 Å². The molecule has 4 heterocycles. The number of nitrogens with zero attached hydrogens (tertiary/aromatic N) is 4.